The number of aromatic amines is 1. The molecule has 18 heavy (non-hydrogen) atoms. The van der Waals surface area contributed by atoms with Crippen LogP contribution in [-0.2, 0) is 17.7 Å². The van der Waals surface area contributed by atoms with Gasteiger partial charge in [-0.05, 0) is 12.8 Å². The van der Waals surface area contributed by atoms with E-state index < -0.39 is 0 Å². The van der Waals surface area contributed by atoms with Gasteiger partial charge in [-0.1, -0.05) is 0 Å². The molecule has 3 N–H and O–H groups in total. The Morgan fingerprint density at radius 1 is 1.33 bits per heavy atom. The first-order chi connectivity index (χ1) is 8.83. The van der Waals surface area contributed by atoms with Crippen molar-refractivity contribution in [2.75, 3.05) is 25.1 Å². The SMILES string of the molecule is O=c1nc(NC2CCOCC2)c2c([nH]1)CCNC2. The number of anilines is 1. The number of aromatic nitrogens is 2. The Kier molecular flexibility index (Phi) is 3.29. The highest BCUT2D eigenvalue weighted by Gasteiger charge is 2.19. The minimum Gasteiger partial charge on any atom is -0.381 e. The number of hydrogen-bond acceptors (Lipinski definition) is 5. The zero-order valence-corrected chi connectivity index (χ0v) is 10.3. The molecule has 1 fully saturated rings. The molecule has 0 unspecified atom stereocenters. The summed E-state index contributed by atoms with van der Waals surface area (Å²) in [4.78, 5) is 18.5. The van der Waals surface area contributed by atoms with Crippen LogP contribution >= 0.6 is 0 Å². The highest BCUT2D eigenvalue weighted by atomic mass is 16.5. The molecule has 0 spiro atoms. The van der Waals surface area contributed by atoms with E-state index in [2.05, 4.69) is 20.6 Å². The van der Waals surface area contributed by atoms with E-state index >= 15 is 0 Å². The molecular weight excluding hydrogens is 232 g/mol. The van der Waals surface area contributed by atoms with Crippen LogP contribution in [0.1, 0.15) is 24.1 Å². The van der Waals surface area contributed by atoms with Crippen LogP contribution in [0, 0.1) is 0 Å². The molecule has 6 nitrogen and oxygen atoms in total. The summed E-state index contributed by atoms with van der Waals surface area (Å²) in [5.41, 5.74) is 1.86. The molecule has 0 saturated carbocycles. The maximum atomic E-state index is 11.6. The van der Waals surface area contributed by atoms with Gasteiger partial charge >= 0.3 is 5.69 Å². The normalized spacial score (nSPS) is 20.4. The van der Waals surface area contributed by atoms with Crippen LogP contribution in [0.15, 0.2) is 4.79 Å². The summed E-state index contributed by atoms with van der Waals surface area (Å²) in [5, 5.41) is 6.71. The molecule has 2 aliphatic heterocycles. The van der Waals surface area contributed by atoms with E-state index in [9.17, 15) is 4.79 Å². The molecule has 0 aromatic carbocycles. The topological polar surface area (TPSA) is 79.0 Å². The van der Waals surface area contributed by atoms with E-state index in [-0.39, 0.29) is 5.69 Å². The monoisotopic (exact) mass is 250 g/mol. The van der Waals surface area contributed by atoms with Crippen LogP contribution in [-0.4, -0.2) is 35.8 Å². The molecule has 0 bridgehead atoms. The van der Waals surface area contributed by atoms with E-state index in [1.807, 2.05) is 0 Å². The minimum atomic E-state index is -0.259. The average molecular weight is 250 g/mol. The summed E-state index contributed by atoms with van der Waals surface area (Å²) in [6, 6.07) is 0.360. The fourth-order valence-electron chi connectivity index (χ4n) is 2.53. The van der Waals surface area contributed by atoms with Crippen LogP contribution in [0.5, 0.6) is 0 Å². The van der Waals surface area contributed by atoms with Crippen molar-refractivity contribution in [3.8, 4) is 0 Å². The van der Waals surface area contributed by atoms with Gasteiger partial charge in [-0.2, -0.15) is 4.98 Å². The van der Waals surface area contributed by atoms with Crippen molar-refractivity contribution >= 4 is 5.82 Å². The molecule has 0 atom stereocenters. The third kappa shape index (κ3) is 2.39. The molecule has 0 radical (unpaired) electrons. The first-order valence-electron chi connectivity index (χ1n) is 6.50. The van der Waals surface area contributed by atoms with E-state index in [1.54, 1.807) is 0 Å². The van der Waals surface area contributed by atoms with E-state index in [0.717, 1.165) is 62.6 Å². The van der Waals surface area contributed by atoms with Gasteiger partial charge in [0.2, 0.25) is 0 Å². The zero-order valence-electron chi connectivity index (χ0n) is 10.3. The predicted molar refractivity (Wildman–Crippen MR) is 67.7 cm³/mol. The predicted octanol–water partition coefficient (Wildman–Crippen LogP) is 0.00650. The van der Waals surface area contributed by atoms with Crippen LogP contribution in [0.25, 0.3) is 0 Å². The number of nitrogens with zero attached hydrogens (tertiary/aromatic N) is 1. The van der Waals surface area contributed by atoms with Crippen LogP contribution in [0.3, 0.4) is 0 Å². The Balaban J connectivity index is 1.85. The summed E-state index contributed by atoms with van der Waals surface area (Å²) in [5.74, 6) is 0.743. The molecule has 3 rings (SSSR count). The van der Waals surface area contributed by atoms with Crippen molar-refractivity contribution in [2.24, 2.45) is 0 Å². The van der Waals surface area contributed by atoms with Gasteiger partial charge in [0, 0.05) is 50.0 Å². The van der Waals surface area contributed by atoms with E-state index in [0.29, 0.717) is 6.04 Å². The van der Waals surface area contributed by atoms with Crippen LogP contribution in [0.4, 0.5) is 5.82 Å². The van der Waals surface area contributed by atoms with Crippen molar-refractivity contribution in [1.82, 2.24) is 15.3 Å². The molecule has 2 aliphatic rings. The second kappa shape index (κ2) is 5.07. The minimum absolute atomic E-state index is 0.259. The maximum absolute atomic E-state index is 11.6. The number of ether oxygens (including phenoxy) is 1. The third-order valence-electron chi connectivity index (χ3n) is 3.54. The first kappa shape index (κ1) is 11.7. The van der Waals surface area contributed by atoms with E-state index in [4.69, 9.17) is 4.74 Å². The summed E-state index contributed by atoms with van der Waals surface area (Å²) < 4.78 is 5.33. The molecule has 1 aromatic heterocycles. The molecule has 0 amide bonds. The highest BCUT2D eigenvalue weighted by Crippen LogP contribution is 2.20. The summed E-state index contributed by atoms with van der Waals surface area (Å²) >= 11 is 0. The summed E-state index contributed by atoms with van der Waals surface area (Å²) in [6.07, 6.45) is 2.79. The van der Waals surface area contributed by atoms with Gasteiger partial charge in [-0.3, -0.25) is 0 Å². The van der Waals surface area contributed by atoms with Crippen molar-refractivity contribution in [2.45, 2.75) is 31.8 Å². The largest absolute Gasteiger partial charge is 0.381 e. The summed E-state index contributed by atoms with van der Waals surface area (Å²) in [7, 11) is 0. The number of nitrogens with one attached hydrogen (secondary N) is 3. The molecule has 6 heteroatoms. The lowest BCUT2D eigenvalue weighted by molar-refractivity contribution is 0.0903. The van der Waals surface area contributed by atoms with Crippen molar-refractivity contribution < 1.29 is 4.74 Å². The van der Waals surface area contributed by atoms with Gasteiger partial charge in [-0.25, -0.2) is 4.79 Å². The lowest BCUT2D eigenvalue weighted by atomic mass is 10.1. The molecule has 1 saturated heterocycles. The summed E-state index contributed by atoms with van der Waals surface area (Å²) in [6.45, 7) is 3.23. The fraction of sp³-hybridized carbons (Fsp3) is 0.667. The van der Waals surface area contributed by atoms with E-state index in [1.165, 1.54) is 0 Å². The Labute approximate surface area is 105 Å². The third-order valence-corrected chi connectivity index (χ3v) is 3.54. The Morgan fingerprint density at radius 2 is 2.17 bits per heavy atom. The van der Waals surface area contributed by atoms with Gasteiger partial charge in [0.25, 0.3) is 0 Å². The zero-order chi connectivity index (χ0) is 12.4. The van der Waals surface area contributed by atoms with Crippen LogP contribution in [0.2, 0.25) is 0 Å². The van der Waals surface area contributed by atoms with Gasteiger partial charge < -0.3 is 20.4 Å². The lowest BCUT2D eigenvalue weighted by Crippen LogP contribution is -2.33. The highest BCUT2D eigenvalue weighted by molar-refractivity contribution is 5.47. The van der Waals surface area contributed by atoms with Crippen molar-refractivity contribution in [1.29, 1.82) is 0 Å². The Morgan fingerprint density at radius 3 is 3.00 bits per heavy atom. The number of H-pyrrole nitrogens is 1. The number of rotatable bonds is 2. The molecule has 3 heterocycles. The average Bonchev–Trinajstić information content (AvgIpc) is 2.40. The standard InChI is InChI=1S/C12H18N4O2/c17-12-15-10-1-4-13-7-9(10)11(16-12)14-8-2-5-18-6-3-8/h8,13H,1-7H2,(H2,14,15,16,17). The second-order valence-electron chi connectivity index (χ2n) is 4.81. The molecule has 98 valence electrons. The molecule has 0 aliphatic carbocycles. The van der Waals surface area contributed by atoms with Gasteiger partial charge in [-0.15, -0.1) is 0 Å². The van der Waals surface area contributed by atoms with Gasteiger partial charge in [0.15, 0.2) is 0 Å². The number of hydrogen-bond donors (Lipinski definition) is 3. The second-order valence-corrected chi connectivity index (χ2v) is 4.81. The lowest BCUT2D eigenvalue weighted by Gasteiger charge is -2.26. The van der Waals surface area contributed by atoms with Crippen LogP contribution < -0.4 is 16.3 Å². The fourth-order valence-corrected chi connectivity index (χ4v) is 2.53. The molecular formula is C12H18N4O2. The quantitative estimate of drug-likeness (QED) is 0.689. The van der Waals surface area contributed by atoms with Crippen molar-refractivity contribution in [3.63, 3.8) is 0 Å². The van der Waals surface area contributed by atoms with Gasteiger partial charge in [0.1, 0.15) is 5.82 Å². The van der Waals surface area contributed by atoms with Gasteiger partial charge in [0.05, 0.1) is 0 Å². The Bertz CT molecular complexity index is 479. The number of fused-ring (bicyclic) bond motifs is 1. The maximum Gasteiger partial charge on any atom is 0.347 e. The molecule has 1 aromatic rings. The first-order valence-corrected chi connectivity index (χ1v) is 6.50. The Hall–Kier alpha value is -1.40. The van der Waals surface area contributed by atoms with Crippen molar-refractivity contribution in [3.05, 3.63) is 21.7 Å². The smallest absolute Gasteiger partial charge is 0.347 e.